The zero-order valence-electron chi connectivity index (χ0n) is 83.8. The maximum absolute atomic E-state index is 12.6. The van der Waals surface area contributed by atoms with E-state index in [0.29, 0.717) is 108 Å². The van der Waals surface area contributed by atoms with Gasteiger partial charge in [0.1, 0.15) is 54.2 Å². The Morgan fingerprint density at radius 1 is 0.412 bits per heavy atom. The molecule has 5 saturated heterocycles. The number of rotatable bonds is 33. The summed E-state index contributed by atoms with van der Waals surface area (Å²) in [5.41, 5.74) is -0.311. The number of nitrogens with zero attached hydrogens (tertiary/aromatic N) is 17. The highest BCUT2D eigenvalue weighted by Gasteiger charge is 2.46. The van der Waals surface area contributed by atoms with Gasteiger partial charge in [-0.2, -0.15) is 0 Å². The molecule has 0 saturated carbocycles. The Kier molecular flexibility index (Phi) is 40.0. The van der Waals surface area contributed by atoms with Gasteiger partial charge in [-0.05, 0) is 185 Å². The van der Waals surface area contributed by atoms with Crippen molar-refractivity contribution >= 4 is 46.5 Å². The van der Waals surface area contributed by atoms with Gasteiger partial charge in [0.25, 0.3) is 27.8 Å². The Balaban J connectivity index is 0.000000201. The predicted octanol–water partition coefficient (Wildman–Crippen LogP) is 6.82. The number of H-pyrrole nitrogens is 5. The number of aryl methyl sites for hydroxylation is 5. The normalized spacial score (nSPS) is 23.6. The minimum atomic E-state index is -3.21. The van der Waals surface area contributed by atoms with Crippen molar-refractivity contribution in [3.8, 4) is 0 Å². The molecule has 0 radical (unpaired) electrons. The lowest BCUT2D eigenvalue weighted by Crippen LogP contribution is -2.46. The third-order valence-corrected chi connectivity index (χ3v) is 31.7. The van der Waals surface area contributed by atoms with Gasteiger partial charge in [-0.25, -0.2) is 38.0 Å². The van der Waals surface area contributed by atoms with Crippen molar-refractivity contribution in [1.82, 2.24) is 107 Å². The SMILES string of the molecule is C=P(OC[C@H]1O[C@@H](n2cc(C)c(=O)[nH]c2=O)CC1OC)(OC1C[C@H](n2cc(C)c(=O)[nH]c2=O)O[C@@H]1CC)c1cn(C(C)C)nn1.CC(C)N(C(C)C)P(c1cn(C(C)C)nn1)N(C(C)C)C(C)C.CC[C@H]1O[C@@H](n2cc(C)c(=O)[nH]c2=O)CC1O.CC[C@H]1O[C@@H](n2cc(C)c(=O)[nH]c2=O)CC1OP(c1cn(C(C)C)nn1)N(C(C)C)C(C)C.COC1C[C@H](n2cc(C)c(=O)[nH]c2=O)O[C@@H]1CO. The summed E-state index contributed by atoms with van der Waals surface area (Å²) in [5, 5.41) is 45.2. The molecule has 7 N–H and O–H groups in total. The largest absolute Gasteiger partial charge is 0.394 e. The number of ether oxygens (including phenoxy) is 7. The van der Waals surface area contributed by atoms with Crippen LogP contribution in [0.4, 0.5) is 0 Å². The third kappa shape index (κ3) is 27.1. The van der Waals surface area contributed by atoms with Gasteiger partial charge in [0.05, 0.1) is 88.9 Å². The topological polar surface area (TPSA) is 509 Å². The summed E-state index contributed by atoms with van der Waals surface area (Å²) < 4.78 is 80.4. The molecule has 17 atom stereocenters. The van der Waals surface area contributed by atoms with E-state index in [9.17, 15) is 53.1 Å². The Bertz CT molecular complexity index is 5870. The van der Waals surface area contributed by atoms with E-state index in [1.165, 1.54) is 54.7 Å². The summed E-state index contributed by atoms with van der Waals surface area (Å²) >= 11 is 0. The number of hydrogen-bond donors (Lipinski definition) is 7. The third-order valence-electron chi connectivity index (χ3n) is 23.8. The molecule has 5 aliphatic heterocycles. The van der Waals surface area contributed by atoms with E-state index >= 15 is 0 Å². The van der Waals surface area contributed by atoms with E-state index in [1.54, 1.807) is 58.8 Å². The minimum Gasteiger partial charge on any atom is -0.394 e. The highest BCUT2D eigenvalue weighted by molar-refractivity contribution is 7.71. The van der Waals surface area contributed by atoms with Crippen LogP contribution in [0.2, 0.25) is 0 Å². The van der Waals surface area contributed by atoms with Gasteiger partial charge in [-0.15, -0.1) is 15.3 Å². The van der Waals surface area contributed by atoms with Crippen LogP contribution in [-0.4, -0.2) is 248 Å². The van der Waals surface area contributed by atoms with Crippen LogP contribution in [0.5, 0.6) is 0 Å². The molecule has 44 nitrogen and oxygen atoms in total. The number of hydrogen-bond acceptors (Lipinski definition) is 31. The predicted molar refractivity (Wildman–Crippen MR) is 519 cm³/mol. The number of aromatic nitrogens is 19. The van der Waals surface area contributed by atoms with Gasteiger partial charge < -0.3 is 56.9 Å². The van der Waals surface area contributed by atoms with Crippen LogP contribution in [-0.2, 0) is 46.7 Å². The molecule has 0 aromatic carbocycles. The second kappa shape index (κ2) is 49.0. The summed E-state index contributed by atoms with van der Waals surface area (Å²) in [4.78, 5) is 130. The molecule has 7 unspecified atom stereocenters. The lowest BCUT2D eigenvalue weighted by molar-refractivity contribution is -0.0535. The van der Waals surface area contributed by atoms with E-state index < -0.39 is 142 Å². The minimum absolute atomic E-state index is 0.00964. The molecule has 758 valence electrons. The van der Waals surface area contributed by atoms with Gasteiger partial charge in [-0.3, -0.25) is 85.7 Å². The zero-order chi connectivity index (χ0) is 101. The molecule has 13 heterocycles. The van der Waals surface area contributed by atoms with Crippen LogP contribution < -0.4 is 72.6 Å². The fraction of sp³-hybridized carbons (Fsp3) is 0.697. The Hall–Kier alpha value is -8.62. The monoisotopic (exact) mass is 1970 g/mol. The summed E-state index contributed by atoms with van der Waals surface area (Å²) in [6.07, 6.45) is 14.8. The van der Waals surface area contributed by atoms with Gasteiger partial charge in [-0.1, -0.05) is 36.4 Å². The van der Waals surface area contributed by atoms with E-state index in [2.05, 4.69) is 193 Å². The van der Waals surface area contributed by atoms with Crippen LogP contribution in [0.3, 0.4) is 0 Å². The molecule has 47 heteroatoms. The first-order valence-electron chi connectivity index (χ1n) is 46.7. The number of nitrogens with one attached hydrogen (secondary N) is 5. The molecule has 8 aromatic rings. The molecule has 8 aromatic heterocycles. The van der Waals surface area contributed by atoms with Crippen molar-refractivity contribution in [1.29, 1.82) is 0 Å². The molecule has 0 aliphatic carbocycles. The average molecular weight is 1970 g/mol. The Morgan fingerprint density at radius 2 is 0.713 bits per heavy atom. The lowest BCUT2D eigenvalue weighted by atomic mass is 10.1. The zero-order valence-corrected chi connectivity index (χ0v) is 86.4. The summed E-state index contributed by atoms with van der Waals surface area (Å²) in [7, 11) is -2.05. The maximum atomic E-state index is 12.6. The van der Waals surface area contributed by atoms with Crippen molar-refractivity contribution in [2.24, 2.45) is 0 Å². The standard InChI is InChI=1S/C28H40N7O9P.C22H37N6O4P.C17H36N5P.C11H16N2O5.C11H16N2O4/c1-8-18-20(10-24(42-18)34-12-17(5)26(37)30-28(34)39)44-45(7,22-13-35(15(2)3)32-31-22)41-14-21-19(40-6)9-23(43-21)33-11-16(4)25(36)29-27(33)38;1-9-17-18(10-20(31-17)26-11-16(8)21(29)23-22(26)30)32-33(28(14(4)5)15(6)7)19-12-27(13(2)3)25-24-19;1-12(2)20-11-17(18-19-20)23(21(13(3)4)14(5)6)22(15(7)8)16(9)10;1-6-4-13(11(16)12-10(6)15)9-3-7(17-2)8(5-14)18-9;1-3-8-7(14)4-9(17-8)13-5-6(2)10(15)12-11(13)16/h11-13,15,18-21,23-24H,7-10,14H2,1-6H3,(H,29,36,38)(H,30,37,39);11-15,17-18,20H,9-10H2,1-8H3,(H,23,29,30);11-16H,1-10H3;4,7-9,14H,3,5H2,1-2H3,(H,12,15,16);5,7-9,14H,3-4H2,1-2H3,(H,12,15,16)/t18-,19?,20?,21-,23-,24-,45?;17-,18?,20-,33?;;2*7?,8-,9-/m11.11/s1. The number of aliphatic hydroxyl groups excluding tert-OH is 2. The van der Waals surface area contributed by atoms with Crippen molar-refractivity contribution in [3.05, 3.63) is 182 Å². The number of methoxy groups -OCH3 is 2. The second-order valence-electron chi connectivity index (χ2n) is 37.2. The van der Waals surface area contributed by atoms with Crippen LogP contribution in [0.15, 0.2) is 97.5 Å². The highest BCUT2D eigenvalue weighted by Crippen LogP contribution is 2.53. The quantitative estimate of drug-likeness (QED) is 0.0207. The summed E-state index contributed by atoms with van der Waals surface area (Å²) in [6, 6.07) is 2.89. The van der Waals surface area contributed by atoms with Crippen LogP contribution in [0.25, 0.3) is 0 Å². The van der Waals surface area contributed by atoms with Crippen LogP contribution in [0, 0.1) is 34.6 Å². The van der Waals surface area contributed by atoms with Gasteiger partial charge in [0, 0.05) is 160 Å². The number of aromatic amines is 5. The highest BCUT2D eigenvalue weighted by atomic mass is 31.2. The van der Waals surface area contributed by atoms with E-state index in [-0.39, 0.29) is 67.4 Å². The summed E-state index contributed by atoms with van der Waals surface area (Å²) in [5.74, 6) is 0. The molecule has 5 aliphatic rings. The van der Waals surface area contributed by atoms with Gasteiger partial charge in [0.15, 0.2) is 21.1 Å². The Morgan fingerprint density at radius 3 is 1.04 bits per heavy atom. The van der Waals surface area contributed by atoms with Crippen molar-refractivity contribution in [2.75, 3.05) is 27.4 Å². The van der Waals surface area contributed by atoms with Gasteiger partial charge in [0.2, 0.25) is 0 Å². The number of aliphatic hydroxyl groups is 2. The molecule has 0 amide bonds. The van der Waals surface area contributed by atoms with E-state index in [4.69, 9.17) is 51.8 Å². The first kappa shape index (κ1) is 111. The summed E-state index contributed by atoms with van der Waals surface area (Å²) in [6.45, 7) is 53.0. The molecule has 136 heavy (non-hydrogen) atoms. The molecule has 5 fully saturated rings. The van der Waals surface area contributed by atoms with Gasteiger partial charge >= 0.3 is 28.4 Å². The average Bonchev–Trinajstić information content (AvgIpc) is 1.66. The first-order valence-corrected chi connectivity index (χ1v) is 51.0. The van der Waals surface area contributed by atoms with Crippen LogP contribution in [0.1, 0.15) is 274 Å². The maximum Gasteiger partial charge on any atom is 0.330 e. The fourth-order valence-corrected chi connectivity index (χ4v) is 23.5. The molecular formula is C89H145N22O22P3. The smallest absolute Gasteiger partial charge is 0.330 e. The Labute approximate surface area is 793 Å². The van der Waals surface area contributed by atoms with Crippen LogP contribution >= 0.6 is 23.9 Å². The first-order chi connectivity index (χ1) is 64.0. The van der Waals surface area contributed by atoms with E-state index in [0.717, 1.165) is 17.3 Å². The van der Waals surface area contributed by atoms with E-state index in [1.807, 2.05) is 50.2 Å². The molecular weight excluding hydrogens is 1820 g/mol. The molecule has 0 spiro atoms. The lowest BCUT2D eigenvalue weighted by Gasteiger charge is -2.46. The molecule has 13 rings (SSSR count). The fourth-order valence-electron chi connectivity index (χ4n) is 16.7. The van der Waals surface area contributed by atoms with Crippen molar-refractivity contribution in [3.63, 3.8) is 0 Å². The van der Waals surface area contributed by atoms with Crippen molar-refractivity contribution < 1.29 is 56.9 Å². The van der Waals surface area contributed by atoms with Crippen molar-refractivity contribution in [2.45, 2.75) is 378 Å². The second-order valence-corrected chi connectivity index (χ2v) is 43.1. The molecule has 0 bridgehead atoms.